The second-order valence-electron chi connectivity index (χ2n) is 6.81. The van der Waals surface area contributed by atoms with Gasteiger partial charge >= 0.3 is 0 Å². The van der Waals surface area contributed by atoms with Crippen LogP contribution in [0.2, 0.25) is 0 Å². The van der Waals surface area contributed by atoms with Crippen LogP contribution in [0.5, 0.6) is 0 Å². The number of hydrogen-bond acceptors (Lipinski definition) is 4. The van der Waals surface area contributed by atoms with Gasteiger partial charge in [0.25, 0.3) is 0 Å². The van der Waals surface area contributed by atoms with E-state index in [1.807, 2.05) is 0 Å². The molecule has 2 aliphatic rings. The van der Waals surface area contributed by atoms with Crippen LogP contribution in [-0.2, 0) is 11.2 Å². The fraction of sp³-hybridized carbons (Fsp3) is 0.684. The molecule has 1 N–H and O–H groups in total. The van der Waals surface area contributed by atoms with Crippen molar-refractivity contribution in [2.24, 2.45) is 0 Å². The van der Waals surface area contributed by atoms with Crippen molar-refractivity contribution in [3.63, 3.8) is 0 Å². The standard InChI is InChI=1S/C19H31N3O/c1-3-17-4-6-18(7-5-17)19(15-21-10-12-23-13-11-21)22-9-8-20-14-16(22)2/h4-7,16,19-20H,3,8-15H2,1-2H3. The summed E-state index contributed by atoms with van der Waals surface area (Å²) in [5.74, 6) is 0. The van der Waals surface area contributed by atoms with Crippen LogP contribution in [0, 0.1) is 0 Å². The van der Waals surface area contributed by atoms with Crippen LogP contribution < -0.4 is 5.32 Å². The topological polar surface area (TPSA) is 27.7 Å². The van der Waals surface area contributed by atoms with Crippen LogP contribution >= 0.6 is 0 Å². The van der Waals surface area contributed by atoms with Crippen LogP contribution in [0.3, 0.4) is 0 Å². The van der Waals surface area contributed by atoms with Gasteiger partial charge in [-0.05, 0) is 24.5 Å². The molecule has 0 aromatic heterocycles. The Morgan fingerprint density at radius 1 is 1.17 bits per heavy atom. The van der Waals surface area contributed by atoms with E-state index in [1.165, 1.54) is 11.1 Å². The van der Waals surface area contributed by atoms with Gasteiger partial charge in [-0.25, -0.2) is 0 Å². The zero-order chi connectivity index (χ0) is 16.1. The van der Waals surface area contributed by atoms with E-state index in [1.54, 1.807) is 0 Å². The number of benzene rings is 1. The predicted molar refractivity (Wildman–Crippen MR) is 94.9 cm³/mol. The SMILES string of the molecule is CCc1ccc(C(CN2CCOCC2)N2CCNCC2C)cc1. The minimum absolute atomic E-state index is 0.483. The zero-order valence-electron chi connectivity index (χ0n) is 14.6. The molecule has 2 saturated heterocycles. The fourth-order valence-electron chi connectivity index (χ4n) is 3.73. The number of aryl methyl sites for hydroxylation is 1. The lowest BCUT2D eigenvalue weighted by atomic mass is 9.99. The average Bonchev–Trinajstić information content (AvgIpc) is 2.61. The monoisotopic (exact) mass is 317 g/mol. The number of nitrogens with one attached hydrogen (secondary N) is 1. The maximum Gasteiger partial charge on any atom is 0.0594 e. The van der Waals surface area contributed by atoms with Gasteiger partial charge in [0.15, 0.2) is 0 Å². The third-order valence-corrected chi connectivity index (χ3v) is 5.26. The molecule has 0 saturated carbocycles. The molecule has 2 atom stereocenters. The van der Waals surface area contributed by atoms with Crippen molar-refractivity contribution >= 4 is 0 Å². The Bertz CT molecular complexity index is 470. The van der Waals surface area contributed by atoms with E-state index in [-0.39, 0.29) is 0 Å². The molecule has 128 valence electrons. The Balaban J connectivity index is 1.78. The van der Waals surface area contributed by atoms with Gasteiger partial charge in [0.2, 0.25) is 0 Å². The van der Waals surface area contributed by atoms with Crippen molar-refractivity contribution in [3.05, 3.63) is 35.4 Å². The van der Waals surface area contributed by atoms with Crippen LogP contribution in [-0.4, -0.2) is 68.3 Å². The van der Waals surface area contributed by atoms with Crippen molar-refractivity contribution in [1.82, 2.24) is 15.1 Å². The summed E-state index contributed by atoms with van der Waals surface area (Å²) in [5.41, 5.74) is 2.88. The fourth-order valence-corrected chi connectivity index (χ4v) is 3.73. The average molecular weight is 317 g/mol. The summed E-state index contributed by atoms with van der Waals surface area (Å²) < 4.78 is 5.52. The molecule has 0 aliphatic carbocycles. The van der Waals surface area contributed by atoms with Crippen molar-refractivity contribution < 1.29 is 4.74 Å². The Morgan fingerprint density at radius 3 is 2.57 bits per heavy atom. The Morgan fingerprint density at radius 2 is 1.91 bits per heavy atom. The molecule has 0 bridgehead atoms. The number of ether oxygens (including phenoxy) is 1. The largest absolute Gasteiger partial charge is 0.379 e. The third-order valence-electron chi connectivity index (χ3n) is 5.26. The third kappa shape index (κ3) is 4.32. The molecule has 4 nitrogen and oxygen atoms in total. The van der Waals surface area contributed by atoms with Crippen molar-refractivity contribution in [1.29, 1.82) is 0 Å². The van der Waals surface area contributed by atoms with Gasteiger partial charge in [-0.15, -0.1) is 0 Å². The quantitative estimate of drug-likeness (QED) is 0.898. The van der Waals surface area contributed by atoms with Gasteiger partial charge in [-0.2, -0.15) is 0 Å². The predicted octanol–water partition coefficient (Wildman–Crippen LogP) is 1.92. The molecule has 0 radical (unpaired) electrons. The first-order valence-electron chi connectivity index (χ1n) is 9.13. The lowest BCUT2D eigenvalue weighted by molar-refractivity contribution is 0.0138. The first-order valence-corrected chi connectivity index (χ1v) is 9.13. The van der Waals surface area contributed by atoms with E-state index in [9.17, 15) is 0 Å². The maximum atomic E-state index is 5.52. The smallest absolute Gasteiger partial charge is 0.0594 e. The van der Waals surface area contributed by atoms with Crippen molar-refractivity contribution in [3.8, 4) is 0 Å². The van der Waals surface area contributed by atoms with E-state index in [2.05, 4.69) is 53.2 Å². The normalized spacial score (nSPS) is 25.4. The second-order valence-corrected chi connectivity index (χ2v) is 6.81. The molecule has 2 fully saturated rings. The summed E-state index contributed by atoms with van der Waals surface area (Å²) in [6, 6.07) is 10.4. The summed E-state index contributed by atoms with van der Waals surface area (Å²) in [6.07, 6.45) is 1.11. The molecule has 2 aliphatic heterocycles. The summed E-state index contributed by atoms with van der Waals surface area (Å²) in [4.78, 5) is 5.25. The number of piperazine rings is 1. The Labute approximate surface area is 140 Å². The van der Waals surface area contributed by atoms with Crippen LogP contribution in [0.4, 0.5) is 0 Å². The first-order chi connectivity index (χ1) is 11.3. The van der Waals surface area contributed by atoms with Crippen LogP contribution in [0.15, 0.2) is 24.3 Å². The minimum Gasteiger partial charge on any atom is -0.379 e. The summed E-state index contributed by atoms with van der Waals surface area (Å²) >= 11 is 0. The number of morpholine rings is 1. The van der Waals surface area contributed by atoms with Crippen molar-refractivity contribution in [2.75, 3.05) is 52.5 Å². The number of rotatable bonds is 5. The van der Waals surface area contributed by atoms with E-state index >= 15 is 0 Å². The summed E-state index contributed by atoms with van der Waals surface area (Å²) in [7, 11) is 0. The molecule has 4 heteroatoms. The lowest BCUT2D eigenvalue weighted by Gasteiger charge is -2.42. The van der Waals surface area contributed by atoms with Gasteiger partial charge in [0.05, 0.1) is 13.2 Å². The number of nitrogens with zero attached hydrogens (tertiary/aromatic N) is 2. The molecule has 2 unspecified atom stereocenters. The number of hydrogen-bond donors (Lipinski definition) is 1. The molecular formula is C19H31N3O. The highest BCUT2D eigenvalue weighted by molar-refractivity contribution is 5.26. The highest BCUT2D eigenvalue weighted by atomic mass is 16.5. The summed E-state index contributed by atoms with van der Waals surface area (Å²) in [5, 5.41) is 3.52. The Hall–Kier alpha value is -0.940. The Kier molecular flexibility index (Phi) is 6.06. The van der Waals surface area contributed by atoms with Gasteiger partial charge in [0.1, 0.15) is 0 Å². The molecule has 3 rings (SSSR count). The van der Waals surface area contributed by atoms with Gasteiger partial charge in [-0.3, -0.25) is 9.80 Å². The molecule has 0 spiro atoms. The van der Waals surface area contributed by atoms with Crippen LogP contribution in [0.1, 0.15) is 31.0 Å². The highest BCUT2D eigenvalue weighted by Crippen LogP contribution is 2.26. The molecule has 0 amide bonds. The molecule has 23 heavy (non-hydrogen) atoms. The van der Waals surface area contributed by atoms with Gasteiger partial charge in [0, 0.05) is 51.4 Å². The van der Waals surface area contributed by atoms with Gasteiger partial charge < -0.3 is 10.1 Å². The first kappa shape index (κ1) is 16.9. The van der Waals surface area contributed by atoms with Crippen molar-refractivity contribution in [2.45, 2.75) is 32.4 Å². The maximum absolute atomic E-state index is 5.52. The molecular weight excluding hydrogens is 286 g/mol. The summed E-state index contributed by atoms with van der Waals surface area (Å²) in [6.45, 7) is 12.9. The second kappa shape index (κ2) is 8.25. The highest BCUT2D eigenvalue weighted by Gasteiger charge is 2.29. The van der Waals surface area contributed by atoms with Crippen LogP contribution in [0.25, 0.3) is 0 Å². The van der Waals surface area contributed by atoms with Gasteiger partial charge in [-0.1, -0.05) is 31.2 Å². The molecule has 1 aromatic carbocycles. The molecule has 2 heterocycles. The van der Waals surface area contributed by atoms with E-state index in [4.69, 9.17) is 4.74 Å². The van der Waals surface area contributed by atoms with E-state index in [0.29, 0.717) is 12.1 Å². The lowest BCUT2D eigenvalue weighted by Crippen LogP contribution is -2.53. The van der Waals surface area contributed by atoms with E-state index in [0.717, 1.165) is 58.9 Å². The van der Waals surface area contributed by atoms with E-state index < -0.39 is 0 Å². The zero-order valence-corrected chi connectivity index (χ0v) is 14.6. The molecule has 1 aromatic rings. The minimum atomic E-state index is 0.483.